The van der Waals surface area contributed by atoms with E-state index in [4.69, 9.17) is 4.74 Å². The van der Waals surface area contributed by atoms with Crippen LogP contribution in [0.25, 0.3) is 0 Å². The van der Waals surface area contributed by atoms with Crippen LogP contribution in [0, 0.1) is 0 Å². The van der Waals surface area contributed by atoms with Crippen LogP contribution >= 0.6 is 0 Å². The molecule has 1 aromatic carbocycles. The van der Waals surface area contributed by atoms with Crippen molar-refractivity contribution in [3.05, 3.63) is 35.9 Å². The molecule has 4 nitrogen and oxygen atoms in total. The van der Waals surface area contributed by atoms with Crippen LogP contribution < -0.4 is 0 Å². The highest BCUT2D eigenvalue weighted by molar-refractivity contribution is 5.68. The zero-order valence-electron chi connectivity index (χ0n) is 12.3. The van der Waals surface area contributed by atoms with Gasteiger partial charge in [-0.25, -0.2) is 4.79 Å². The smallest absolute Gasteiger partial charge is 0.412 e. The fraction of sp³-hybridized carbons (Fsp3) is 0.588. The molecule has 21 heavy (non-hydrogen) atoms. The highest BCUT2D eigenvalue weighted by Crippen LogP contribution is 2.35. The van der Waals surface area contributed by atoms with Crippen LogP contribution in [0.2, 0.25) is 0 Å². The van der Waals surface area contributed by atoms with Crippen molar-refractivity contribution in [3.8, 4) is 0 Å². The molecular weight excluding hydrogens is 266 g/mol. The number of benzene rings is 1. The van der Waals surface area contributed by atoms with Crippen molar-refractivity contribution in [1.82, 2.24) is 4.90 Å². The lowest BCUT2D eigenvalue weighted by atomic mass is 9.81. The minimum atomic E-state index is -0.670. The SMILES string of the molecule is O=C(OC1CCCCC1c1ccccc1)N1CCCC1O. The number of hydrogen-bond acceptors (Lipinski definition) is 3. The predicted molar refractivity (Wildman–Crippen MR) is 79.9 cm³/mol. The van der Waals surface area contributed by atoms with Crippen molar-refractivity contribution < 1.29 is 14.6 Å². The lowest BCUT2D eigenvalue weighted by molar-refractivity contribution is -0.00557. The minimum absolute atomic E-state index is 0.0681. The molecule has 0 radical (unpaired) electrons. The third-order valence-corrected chi connectivity index (χ3v) is 4.64. The Morgan fingerprint density at radius 2 is 1.86 bits per heavy atom. The summed E-state index contributed by atoms with van der Waals surface area (Å²) in [6.07, 6.45) is 4.67. The maximum atomic E-state index is 12.2. The summed E-state index contributed by atoms with van der Waals surface area (Å²) < 4.78 is 5.74. The molecule has 1 saturated carbocycles. The number of nitrogens with zero attached hydrogens (tertiary/aromatic N) is 1. The van der Waals surface area contributed by atoms with Crippen LogP contribution in [0.4, 0.5) is 4.79 Å². The van der Waals surface area contributed by atoms with Crippen LogP contribution in [0.5, 0.6) is 0 Å². The van der Waals surface area contributed by atoms with Gasteiger partial charge in [-0.15, -0.1) is 0 Å². The van der Waals surface area contributed by atoms with Gasteiger partial charge in [0.15, 0.2) is 0 Å². The maximum absolute atomic E-state index is 12.2. The number of aliphatic hydroxyl groups excluding tert-OH is 1. The third kappa shape index (κ3) is 3.21. The average Bonchev–Trinajstić information content (AvgIpc) is 2.95. The molecule has 0 aromatic heterocycles. The van der Waals surface area contributed by atoms with Crippen LogP contribution in [-0.4, -0.2) is 35.0 Å². The molecule has 1 heterocycles. The highest BCUT2D eigenvalue weighted by Gasteiger charge is 2.34. The van der Waals surface area contributed by atoms with Gasteiger partial charge in [-0.2, -0.15) is 0 Å². The van der Waals surface area contributed by atoms with Crippen molar-refractivity contribution in [2.75, 3.05) is 6.54 Å². The molecule has 114 valence electrons. The molecule has 4 heteroatoms. The van der Waals surface area contributed by atoms with Crippen molar-refractivity contribution in [1.29, 1.82) is 0 Å². The summed E-state index contributed by atoms with van der Waals surface area (Å²) in [7, 11) is 0. The molecule has 2 fully saturated rings. The summed E-state index contributed by atoms with van der Waals surface area (Å²) in [4.78, 5) is 13.7. The van der Waals surface area contributed by atoms with Crippen LogP contribution in [0.15, 0.2) is 30.3 Å². The van der Waals surface area contributed by atoms with Crippen molar-refractivity contribution >= 4 is 6.09 Å². The predicted octanol–water partition coefficient (Wildman–Crippen LogP) is 3.26. The average molecular weight is 289 g/mol. The molecular formula is C17H23NO3. The molecule has 0 spiro atoms. The zero-order valence-corrected chi connectivity index (χ0v) is 12.3. The summed E-state index contributed by atoms with van der Waals surface area (Å²) in [5, 5.41) is 9.80. The summed E-state index contributed by atoms with van der Waals surface area (Å²) in [6.45, 7) is 0.600. The van der Waals surface area contributed by atoms with Gasteiger partial charge < -0.3 is 9.84 Å². The summed E-state index contributed by atoms with van der Waals surface area (Å²) in [5.41, 5.74) is 1.25. The Morgan fingerprint density at radius 1 is 1.10 bits per heavy atom. The molecule has 1 N–H and O–H groups in total. The largest absolute Gasteiger partial charge is 0.445 e. The van der Waals surface area contributed by atoms with E-state index in [2.05, 4.69) is 12.1 Å². The summed E-state index contributed by atoms with van der Waals surface area (Å²) in [6, 6.07) is 10.3. The van der Waals surface area contributed by atoms with E-state index in [1.807, 2.05) is 18.2 Å². The fourth-order valence-corrected chi connectivity index (χ4v) is 3.48. The van der Waals surface area contributed by atoms with E-state index < -0.39 is 6.23 Å². The topological polar surface area (TPSA) is 49.8 Å². The molecule has 1 saturated heterocycles. The molecule has 3 unspecified atom stereocenters. The first-order valence-corrected chi connectivity index (χ1v) is 7.96. The second-order valence-corrected chi connectivity index (χ2v) is 6.04. The molecule has 1 aromatic rings. The first kappa shape index (κ1) is 14.4. The van der Waals surface area contributed by atoms with Crippen LogP contribution in [-0.2, 0) is 4.74 Å². The van der Waals surface area contributed by atoms with E-state index in [0.717, 1.165) is 25.7 Å². The Balaban J connectivity index is 1.68. The van der Waals surface area contributed by atoms with Crippen LogP contribution in [0.3, 0.4) is 0 Å². The van der Waals surface area contributed by atoms with Gasteiger partial charge in [0.05, 0.1) is 0 Å². The molecule has 0 bridgehead atoms. The van der Waals surface area contributed by atoms with Crippen molar-refractivity contribution in [2.45, 2.75) is 56.8 Å². The van der Waals surface area contributed by atoms with E-state index in [-0.39, 0.29) is 18.1 Å². The highest BCUT2D eigenvalue weighted by atomic mass is 16.6. The van der Waals surface area contributed by atoms with Gasteiger partial charge in [0, 0.05) is 12.5 Å². The van der Waals surface area contributed by atoms with E-state index in [9.17, 15) is 9.90 Å². The summed E-state index contributed by atoms with van der Waals surface area (Å²) in [5.74, 6) is 0.281. The zero-order chi connectivity index (χ0) is 14.7. The number of carbonyl (C=O) groups excluding carboxylic acids is 1. The molecule has 1 aliphatic carbocycles. The lowest BCUT2D eigenvalue weighted by Crippen LogP contribution is -2.39. The number of hydrogen-bond donors (Lipinski definition) is 1. The third-order valence-electron chi connectivity index (χ3n) is 4.64. The maximum Gasteiger partial charge on any atom is 0.412 e. The van der Waals surface area contributed by atoms with Crippen molar-refractivity contribution in [2.24, 2.45) is 0 Å². The monoisotopic (exact) mass is 289 g/mol. The minimum Gasteiger partial charge on any atom is -0.445 e. The van der Waals surface area contributed by atoms with E-state index in [0.29, 0.717) is 13.0 Å². The van der Waals surface area contributed by atoms with Gasteiger partial charge >= 0.3 is 6.09 Å². The quantitative estimate of drug-likeness (QED) is 0.909. The lowest BCUT2D eigenvalue weighted by Gasteiger charge is -2.33. The van der Waals surface area contributed by atoms with Gasteiger partial charge in [0.2, 0.25) is 0 Å². The number of ether oxygens (including phenoxy) is 1. The van der Waals surface area contributed by atoms with E-state index in [1.165, 1.54) is 16.9 Å². The first-order chi connectivity index (χ1) is 10.3. The molecule has 1 amide bonds. The standard InChI is InChI=1S/C17H23NO3/c19-16-11-6-12-18(16)17(20)21-15-10-5-4-9-14(15)13-7-2-1-3-8-13/h1-3,7-8,14-16,19H,4-6,9-12H2. The van der Waals surface area contributed by atoms with E-state index >= 15 is 0 Å². The summed E-state index contributed by atoms with van der Waals surface area (Å²) >= 11 is 0. The second-order valence-electron chi connectivity index (χ2n) is 6.04. The molecule has 3 rings (SSSR count). The second kappa shape index (κ2) is 6.48. The Bertz CT molecular complexity index is 476. The van der Waals surface area contributed by atoms with Gasteiger partial charge in [-0.05, 0) is 37.7 Å². The van der Waals surface area contributed by atoms with Crippen molar-refractivity contribution in [3.63, 3.8) is 0 Å². The fourth-order valence-electron chi connectivity index (χ4n) is 3.48. The Morgan fingerprint density at radius 3 is 2.57 bits per heavy atom. The normalized spacial score (nSPS) is 29.4. The molecule has 1 aliphatic heterocycles. The Kier molecular flexibility index (Phi) is 4.44. The number of aliphatic hydroxyl groups is 1. The molecule has 3 atom stereocenters. The Labute approximate surface area is 125 Å². The van der Waals surface area contributed by atoms with Gasteiger partial charge in [-0.1, -0.05) is 36.8 Å². The van der Waals surface area contributed by atoms with Gasteiger partial charge in [0.25, 0.3) is 0 Å². The van der Waals surface area contributed by atoms with Gasteiger partial charge in [0.1, 0.15) is 12.3 Å². The van der Waals surface area contributed by atoms with Crippen LogP contribution in [0.1, 0.15) is 50.0 Å². The number of amides is 1. The van der Waals surface area contributed by atoms with E-state index in [1.54, 1.807) is 0 Å². The Hall–Kier alpha value is -1.55. The number of rotatable bonds is 2. The number of carbonyl (C=O) groups is 1. The number of likely N-dealkylation sites (tertiary alicyclic amines) is 1. The first-order valence-electron chi connectivity index (χ1n) is 7.96. The van der Waals surface area contributed by atoms with Gasteiger partial charge in [-0.3, -0.25) is 4.90 Å². The molecule has 2 aliphatic rings.